The molecule has 0 aliphatic rings. The van der Waals surface area contributed by atoms with Gasteiger partial charge in [-0.3, -0.25) is 0 Å². The molecule has 2 heteroatoms. The van der Waals surface area contributed by atoms with Gasteiger partial charge in [-0.2, -0.15) is 0 Å². The molecule has 0 nitrogen and oxygen atoms in total. The molecule has 0 N–H and O–H groups in total. The molecule has 0 saturated heterocycles. The fraction of sp³-hybridized carbons (Fsp3) is 1.00. The molecule has 0 aliphatic heterocycles. The largest absolute Gasteiger partial charge is 0.239 e. The van der Waals surface area contributed by atoms with E-state index in [9.17, 15) is 8.78 Å². The summed E-state index contributed by atoms with van der Waals surface area (Å²) in [4.78, 5) is 0. The SMILES string of the molecule is CCC(C)(CC)CC(F)F. The molecule has 62 valence electrons. The van der Waals surface area contributed by atoms with E-state index in [0.717, 1.165) is 12.8 Å². The van der Waals surface area contributed by atoms with Gasteiger partial charge in [-0.1, -0.05) is 33.6 Å². The predicted molar refractivity (Wildman–Crippen MR) is 39.3 cm³/mol. The maximum atomic E-state index is 11.9. The van der Waals surface area contributed by atoms with Gasteiger partial charge in [0.15, 0.2) is 0 Å². The second kappa shape index (κ2) is 3.89. The minimum atomic E-state index is -2.15. The van der Waals surface area contributed by atoms with Crippen molar-refractivity contribution in [2.24, 2.45) is 5.41 Å². The van der Waals surface area contributed by atoms with Crippen LogP contribution in [0.3, 0.4) is 0 Å². The van der Waals surface area contributed by atoms with Gasteiger partial charge in [0.1, 0.15) is 0 Å². The molecule has 0 fully saturated rings. The monoisotopic (exact) mass is 150 g/mol. The van der Waals surface area contributed by atoms with Crippen LogP contribution in [0.15, 0.2) is 0 Å². The fourth-order valence-electron chi connectivity index (χ4n) is 0.911. The smallest absolute Gasteiger partial charge is 0.211 e. The maximum Gasteiger partial charge on any atom is 0.239 e. The Morgan fingerprint density at radius 2 is 1.60 bits per heavy atom. The van der Waals surface area contributed by atoms with Crippen LogP contribution >= 0.6 is 0 Å². The maximum absolute atomic E-state index is 11.9. The lowest BCUT2D eigenvalue weighted by Gasteiger charge is -2.25. The third kappa shape index (κ3) is 3.14. The van der Waals surface area contributed by atoms with Gasteiger partial charge in [-0.15, -0.1) is 0 Å². The molecule has 0 unspecified atom stereocenters. The average Bonchev–Trinajstić information content (AvgIpc) is 1.87. The highest BCUT2D eigenvalue weighted by atomic mass is 19.3. The minimum absolute atomic E-state index is 0.0417. The number of halogens is 2. The van der Waals surface area contributed by atoms with Crippen LogP contribution in [0.4, 0.5) is 8.78 Å². The van der Waals surface area contributed by atoms with Gasteiger partial charge in [0.25, 0.3) is 0 Å². The first-order valence-electron chi connectivity index (χ1n) is 3.82. The summed E-state index contributed by atoms with van der Waals surface area (Å²) in [6.45, 7) is 5.84. The van der Waals surface area contributed by atoms with Gasteiger partial charge >= 0.3 is 0 Å². The van der Waals surface area contributed by atoms with Gasteiger partial charge in [0.2, 0.25) is 6.43 Å². The van der Waals surface area contributed by atoms with E-state index < -0.39 is 6.43 Å². The Morgan fingerprint density at radius 1 is 1.20 bits per heavy atom. The molecule has 0 bridgehead atoms. The minimum Gasteiger partial charge on any atom is -0.211 e. The van der Waals surface area contributed by atoms with E-state index in [1.54, 1.807) is 0 Å². The van der Waals surface area contributed by atoms with Crippen LogP contribution in [0.2, 0.25) is 0 Å². The molecule has 10 heavy (non-hydrogen) atoms. The molecule has 0 rings (SSSR count). The van der Waals surface area contributed by atoms with Crippen molar-refractivity contribution in [3.8, 4) is 0 Å². The molecular weight excluding hydrogens is 134 g/mol. The molecular formula is C8H16F2. The first kappa shape index (κ1) is 9.86. The van der Waals surface area contributed by atoms with E-state index in [1.807, 2.05) is 20.8 Å². The number of hydrogen-bond acceptors (Lipinski definition) is 0. The molecule has 0 aromatic rings. The van der Waals surface area contributed by atoms with Gasteiger partial charge in [-0.05, 0) is 5.41 Å². The molecule has 0 amide bonds. The third-order valence-corrected chi connectivity index (χ3v) is 2.35. The zero-order valence-electron chi connectivity index (χ0n) is 6.95. The summed E-state index contributed by atoms with van der Waals surface area (Å²) in [5, 5.41) is 0. The summed E-state index contributed by atoms with van der Waals surface area (Å²) in [6, 6.07) is 0. The lowest BCUT2D eigenvalue weighted by Crippen LogP contribution is -2.17. The lowest BCUT2D eigenvalue weighted by atomic mass is 9.82. The van der Waals surface area contributed by atoms with Gasteiger partial charge in [0.05, 0.1) is 0 Å². The van der Waals surface area contributed by atoms with Crippen molar-refractivity contribution < 1.29 is 8.78 Å². The average molecular weight is 150 g/mol. The number of rotatable bonds is 4. The number of alkyl halides is 2. The topological polar surface area (TPSA) is 0 Å². The van der Waals surface area contributed by atoms with Crippen LogP contribution in [-0.2, 0) is 0 Å². The second-order valence-electron chi connectivity index (χ2n) is 3.11. The summed E-state index contributed by atoms with van der Waals surface area (Å²) in [5.41, 5.74) is -0.145. The van der Waals surface area contributed by atoms with Crippen LogP contribution in [-0.4, -0.2) is 6.43 Å². The first-order valence-corrected chi connectivity index (χ1v) is 3.82. The summed E-state index contributed by atoms with van der Waals surface area (Å²) in [5.74, 6) is 0. The molecule has 0 aromatic carbocycles. The van der Waals surface area contributed by atoms with E-state index in [-0.39, 0.29) is 11.8 Å². The lowest BCUT2D eigenvalue weighted by molar-refractivity contribution is 0.0754. The Morgan fingerprint density at radius 3 is 1.70 bits per heavy atom. The van der Waals surface area contributed by atoms with E-state index in [2.05, 4.69) is 0 Å². The van der Waals surface area contributed by atoms with E-state index in [1.165, 1.54) is 0 Å². The molecule has 0 aliphatic carbocycles. The van der Waals surface area contributed by atoms with Crippen molar-refractivity contribution in [1.82, 2.24) is 0 Å². The summed E-state index contributed by atoms with van der Waals surface area (Å²) < 4.78 is 23.8. The summed E-state index contributed by atoms with van der Waals surface area (Å²) in [6.07, 6.45) is -0.424. The van der Waals surface area contributed by atoms with Crippen molar-refractivity contribution in [3.05, 3.63) is 0 Å². The molecule has 0 heterocycles. The van der Waals surface area contributed by atoms with Crippen LogP contribution in [0, 0.1) is 5.41 Å². The quantitative estimate of drug-likeness (QED) is 0.575. The molecule has 0 aromatic heterocycles. The van der Waals surface area contributed by atoms with Crippen molar-refractivity contribution in [1.29, 1.82) is 0 Å². The Bertz CT molecular complexity index is 85.3. The Labute approximate surface area is 61.6 Å². The molecule has 0 saturated carbocycles. The van der Waals surface area contributed by atoms with Crippen molar-refractivity contribution in [2.75, 3.05) is 0 Å². The van der Waals surface area contributed by atoms with Gasteiger partial charge in [-0.25, -0.2) is 8.78 Å². The fourth-order valence-corrected chi connectivity index (χ4v) is 0.911. The zero-order valence-corrected chi connectivity index (χ0v) is 6.95. The second-order valence-corrected chi connectivity index (χ2v) is 3.11. The van der Waals surface area contributed by atoms with Crippen LogP contribution in [0.25, 0.3) is 0 Å². The third-order valence-electron chi connectivity index (χ3n) is 2.35. The van der Waals surface area contributed by atoms with Crippen molar-refractivity contribution in [3.63, 3.8) is 0 Å². The first-order chi connectivity index (χ1) is 4.54. The molecule has 0 atom stereocenters. The number of hydrogen-bond donors (Lipinski definition) is 0. The summed E-state index contributed by atoms with van der Waals surface area (Å²) >= 11 is 0. The van der Waals surface area contributed by atoms with E-state index in [0.29, 0.717) is 0 Å². The Kier molecular flexibility index (Phi) is 3.84. The van der Waals surface area contributed by atoms with Crippen LogP contribution < -0.4 is 0 Å². The predicted octanol–water partition coefficient (Wildman–Crippen LogP) is 3.47. The van der Waals surface area contributed by atoms with Gasteiger partial charge in [0, 0.05) is 6.42 Å². The van der Waals surface area contributed by atoms with Crippen molar-refractivity contribution >= 4 is 0 Å². The van der Waals surface area contributed by atoms with Crippen LogP contribution in [0.1, 0.15) is 40.0 Å². The standard InChI is InChI=1S/C8H16F2/c1-4-8(3,5-2)6-7(9)10/h7H,4-6H2,1-3H3. The highest BCUT2D eigenvalue weighted by molar-refractivity contribution is 4.71. The Balaban J connectivity index is 3.80. The Hall–Kier alpha value is -0.140. The van der Waals surface area contributed by atoms with E-state index in [4.69, 9.17) is 0 Å². The van der Waals surface area contributed by atoms with Gasteiger partial charge < -0.3 is 0 Å². The molecule has 0 spiro atoms. The molecule has 0 radical (unpaired) electrons. The highest BCUT2D eigenvalue weighted by Crippen LogP contribution is 2.32. The van der Waals surface area contributed by atoms with Crippen molar-refractivity contribution in [2.45, 2.75) is 46.5 Å². The zero-order chi connectivity index (χ0) is 8.20. The van der Waals surface area contributed by atoms with E-state index >= 15 is 0 Å². The normalized spacial score (nSPS) is 12.6. The summed E-state index contributed by atoms with van der Waals surface area (Å²) in [7, 11) is 0. The van der Waals surface area contributed by atoms with Crippen LogP contribution in [0.5, 0.6) is 0 Å². The highest BCUT2D eigenvalue weighted by Gasteiger charge is 2.23.